The van der Waals surface area contributed by atoms with Crippen molar-refractivity contribution in [2.24, 2.45) is 0 Å². The first kappa shape index (κ1) is 12.6. The number of nitrogens with one attached hydrogen (secondary N) is 1. The highest BCUT2D eigenvalue weighted by molar-refractivity contribution is 7.15. The predicted molar refractivity (Wildman–Crippen MR) is 80.6 cm³/mol. The molecule has 0 bridgehead atoms. The van der Waals surface area contributed by atoms with E-state index >= 15 is 0 Å². The number of hydrogen-bond donors (Lipinski definition) is 1. The Labute approximate surface area is 120 Å². The molecule has 1 amide bonds. The highest BCUT2D eigenvalue weighted by Crippen LogP contribution is 2.18. The lowest BCUT2D eigenvalue weighted by Crippen LogP contribution is -2.11. The van der Waals surface area contributed by atoms with Crippen molar-refractivity contribution in [3.8, 4) is 5.69 Å². The number of carbonyl (C=O) groups is 1. The third kappa shape index (κ3) is 2.62. The Hall–Kier alpha value is -2.40. The number of anilines is 1. The van der Waals surface area contributed by atoms with Crippen LogP contribution in [0.1, 0.15) is 15.2 Å². The summed E-state index contributed by atoms with van der Waals surface area (Å²) in [5.74, 6) is -0.140. The van der Waals surface area contributed by atoms with Gasteiger partial charge in [-0.2, -0.15) is 0 Å². The molecule has 0 saturated carbocycles. The summed E-state index contributed by atoms with van der Waals surface area (Å²) in [5.41, 5.74) is 1.64. The maximum atomic E-state index is 12.1. The molecule has 0 spiro atoms. The van der Waals surface area contributed by atoms with Gasteiger partial charge in [0, 0.05) is 34.7 Å². The molecule has 0 fully saturated rings. The number of thiazole rings is 1. The normalized spacial score (nSPS) is 10.4. The second kappa shape index (κ2) is 5.30. The van der Waals surface area contributed by atoms with E-state index < -0.39 is 0 Å². The number of aryl methyl sites for hydroxylation is 1. The molecule has 4 nitrogen and oxygen atoms in total. The van der Waals surface area contributed by atoms with Gasteiger partial charge in [-0.1, -0.05) is 0 Å². The lowest BCUT2D eigenvalue weighted by molar-refractivity contribution is 0.102. The summed E-state index contributed by atoms with van der Waals surface area (Å²) >= 11 is 1.46. The fraction of sp³-hybridized carbons (Fsp3) is 0.0667. The maximum Gasteiger partial charge on any atom is 0.257 e. The van der Waals surface area contributed by atoms with E-state index in [1.54, 1.807) is 6.20 Å². The van der Waals surface area contributed by atoms with Gasteiger partial charge in [0.25, 0.3) is 5.91 Å². The standard InChI is InChI=1S/C15H13N3OS/c1-11-10-16-15(20-11)17-14(19)12-4-6-13(7-5-12)18-8-2-3-9-18/h2-10H,1H3,(H,16,17,19). The molecule has 0 aliphatic carbocycles. The minimum Gasteiger partial charge on any atom is -0.324 e. The summed E-state index contributed by atoms with van der Waals surface area (Å²) in [4.78, 5) is 17.3. The molecule has 3 rings (SSSR count). The van der Waals surface area contributed by atoms with E-state index in [0.717, 1.165) is 10.6 Å². The lowest BCUT2D eigenvalue weighted by atomic mass is 10.2. The topological polar surface area (TPSA) is 46.9 Å². The van der Waals surface area contributed by atoms with Crippen LogP contribution in [0.15, 0.2) is 55.0 Å². The quantitative estimate of drug-likeness (QED) is 0.799. The Bertz CT molecular complexity index is 714. The number of aromatic nitrogens is 2. The average molecular weight is 283 g/mol. The van der Waals surface area contributed by atoms with E-state index in [2.05, 4.69) is 10.3 Å². The van der Waals surface area contributed by atoms with Crippen molar-refractivity contribution < 1.29 is 4.79 Å². The Balaban J connectivity index is 1.75. The smallest absolute Gasteiger partial charge is 0.257 e. The first-order valence-corrected chi connectivity index (χ1v) is 7.01. The molecule has 0 radical (unpaired) electrons. The van der Waals surface area contributed by atoms with Crippen LogP contribution in [0.5, 0.6) is 0 Å². The number of rotatable bonds is 3. The molecule has 1 N–H and O–H groups in total. The Kier molecular flexibility index (Phi) is 3.35. The minimum absolute atomic E-state index is 0.140. The molecule has 20 heavy (non-hydrogen) atoms. The summed E-state index contributed by atoms with van der Waals surface area (Å²) in [7, 11) is 0. The van der Waals surface area contributed by atoms with Gasteiger partial charge in [0.1, 0.15) is 0 Å². The monoisotopic (exact) mass is 283 g/mol. The predicted octanol–water partition coefficient (Wildman–Crippen LogP) is 3.49. The van der Waals surface area contributed by atoms with Gasteiger partial charge in [-0.05, 0) is 43.3 Å². The third-order valence-electron chi connectivity index (χ3n) is 2.87. The van der Waals surface area contributed by atoms with Crippen LogP contribution in [-0.2, 0) is 0 Å². The summed E-state index contributed by atoms with van der Waals surface area (Å²) in [6.07, 6.45) is 5.68. The van der Waals surface area contributed by atoms with Crippen LogP contribution in [0, 0.1) is 6.92 Å². The second-order valence-corrected chi connectivity index (χ2v) is 5.60. The molecule has 0 aliphatic heterocycles. The number of hydrogen-bond acceptors (Lipinski definition) is 3. The van der Waals surface area contributed by atoms with E-state index in [0.29, 0.717) is 10.7 Å². The lowest BCUT2D eigenvalue weighted by Gasteiger charge is -2.05. The molecule has 0 aliphatic rings. The zero-order valence-electron chi connectivity index (χ0n) is 10.9. The van der Waals surface area contributed by atoms with Crippen molar-refractivity contribution in [3.05, 3.63) is 65.4 Å². The van der Waals surface area contributed by atoms with E-state index in [1.807, 2.05) is 60.3 Å². The molecule has 2 heterocycles. The summed E-state index contributed by atoms with van der Waals surface area (Å²) in [6.45, 7) is 1.96. The number of carbonyl (C=O) groups excluding carboxylic acids is 1. The first-order valence-electron chi connectivity index (χ1n) is 6.19. The summed E-state index contributed by atoms with van der Waals surface area (Å²) in [5, 5.41) is 3.42. The van der Waals surface area contributed by atoms with Crippen molar-refractivity contribution in [1.82, 2.24) is 9.55 Å². The van der Waals surface area contributed by atoms with E-state index in [1.165, 1.54) is 11.3 Å². The zero-order chi connectivity index (χ0) is 13.9. The van der Waals surface area contributed by atoms with Crippen molar-refractivity contribution >= 4 is 22.4 Å². The van der Waals surface area contributed by atoms with Crippen LogP contribution >= 0.6 is 11.3 Å². The SMILES string of the molecule is Cc1cnc(NC(=O)c2ccc(-n3cccc3)cc2)s1. The largest absolute Gasteiger partial charge is 0.324 e. The Morgan fingerprint density at radius 1 is 1.20 bits per heavy atom. The van der Waals surface area contributed by atoms with Gasteiger partial charge in [-0.15, -0.1) is 11.3 Å². The van der Waals surface area contributed by atoms with Gasteiger partial charge in [-0.25, -0.2) is 4.98 Å². The molecule has 1 aromatic carbocycles. The fourth-order valence-electron chi connectivity index (χ4n) is 1.87. The molecule has 0 saturated heterocycles. The molecule has 5 heteroatoms. The van der Waals surface area contributed by atoms with Gasteiger partial charge >= 0.3 is 0 Å². The van der Waals surface area contributed by atoms with Crippen molar-refractivity contribution in [1.29, 1.82) is 0 Å². The van der Waals surface area contributed by atoms with Crippen molar-refractivity contribution in [2.45, 2.75) is 6.92 Å². The fourth-order valence-corrected chi connectivity index (χ4v) is 2.53. The van der Waals surface area contributed by atoms with Crippen molar-refractivity contribution in [3.63, 3.8) is 0 Å². The van der Waals surface area contributed by atoms with Crippen LogP contribution in [0.25, 0.3) is 5.69 Å². The van der Waals surface area contributed by atoms with E-state index in [4.69, 9.17) is 0 Å². The second-order valence-electron chi connectivity index (χ2n) is 4.37. The van der Waals surface area contributed by atoms with Crippen LogP contribution in [0.2, 0.25) is 0 Å². The van der Waals surface area contributed by atoms with Crippen LogP contribution in [-0.4, -0.2) is 15.5 Å². The summed E-state index contributed by atoms with van der Waals surface area (Å²) in [6, 6.07) is 11.4. The number of amides is 1. The number of benzene rings is 1. The highest BCUT2D eigenvalue weighted by atomic mass is 32.1. The highest BCUT2D eigenvalue weighted by Gasteiger charge is 2.08. The molecular formula is C15H13N3OS. The van der Waals surface area contributed by atoms with Crippen LogP contribution in [0.4, 0.5) is 5.13 Å². The van der Waals surface area contributed by atoms with Crippen LogP contribution in [0.3, 0.4) is 0 Å². The average Bonchev–Trinajstić information content (AvgIpc) is 3.11. The number of nitrogens with zero attached hydrogens (tertiary/aromatic N) is 2. The van der Waals surface area contributed by atoms with Gasteiger partial charge in [-0.3, -0.25) is 10.1 Å². The third-order valence-corrected chi connectivity index (χ3v) is 3.70. The maximum absolute atomic E-state index is 12.1. The van der Waals surface area contributed by atoms with E-state index in [9.17, 15) is 4.79 Å². The van der Waals surface area contributed by atoms with Crippen LogP contribution < -0.4 is 5.32 Å². The zero-order valence-corrected chi connectivity index (χ0v) is 11.7. The van der Waals surface area contributed by atoms with Gasteiger partial charge in [0.05, 0.1) is 0 Å². The molecular weight excluding hydrogens is 270 g/mol. The molecule has 0 atom stereocenters. The molecule has 100 valence electrons. The molecule has 2 aromatic heterocycles. The Morgan fingerprint density at radius 2 is 1.90 bits per heavy atom. The van der Waals surface area contributed by atoms with Gasteiger partial charge in [0.2, 0.25) is 0 Å². The first-order chi connectivity index (χ1) is 9.72. The molecule has 3 aromatic rings. The van der Waals surface area contributed by atoms with Crippen molar-refractivity contribution in [2.75, 3.05) is 5.32 Å². The summed E-state index contributed by atoms with van der Waals surface area (Å²) < 4.78 is 1.99. The van der Waals surface area contributed by atoms with E-state index in [-0.39, 0.29) is 5.91 Å². The van der Waals surface area contributed by atoms with Gasteiger partial charge in [0.15, 0.2) is 5.13 Å². The Morgan fingerprint density at radius 3 is 2.50 bits per heavy atom. The van der Waals surface area contributed by atoms with Gasteiger partial charge < -0.3 is 4.57 Å². The molecule has 0 unspecified atom stereocenters. The minimum atomic E-state index is -0.140.